The maximum Gasteiger partial charge on any atom is 0.254 e. The highest BCUT2D eigenvalue weighted by Crippen LogP contribution is 2.38. The number of fused-ring (bicyclic) bond motifs is 1. The monoisotopic (exact) mass is 257 g/mol. The summed E-state index contributed by atoms with van der Waals surface area (Å²) in [6, 6.07) is 0. The number of carbonyl (C=O) groups excluding carboxylic acids is 3. The van der Waals surface area contributed by atoms with Gasteiger partial charge in [0.15, 0.2) is 0 Å². The highest BCUT2D eigenvalue weighted by atomic mass is 35.5. The highest BCUT2D eigenvalue weighted by molar-refractivity contribution is 6.30. The van der Waals surface area contributed by atoms with Gasteiger partial charge in [-0.1, -0.05) is 17.7 Å². The molecule has 0 aromatic rings. The number of nitrogens with two attached hydrogens (primary N) is 1. The van der Waals surface area contributed by atoms with Crippen LogP contribution in [-0.4, -0.2) is 29.2 Å². The summed E-state index contributed by atoms with van der Waals surface area (Å²) < 4.78 is 0. The quantitative estimate of drug-likeness (QED) is 0.302. The smallest absolute Gasteiger partial charge is 0.254 e. The van der Waals surface area contributed by atoms with E-state index in [1.807, 2.05) is 5.43 Å². The van der Waals surface area contributed by atoms with Crippen LogP contribution >= 0.6 is 11.6 Å². The van der Waals surface area contributed by atoms with Crippen LogP contribution in [0, 0.1) is 11.8 Å². The maximum atomic E-state index is 11.9. The van der Waals surface area contributed by atoms with E-state index in [0.717, 1.165) is 4.90 Å². The molecule has 0 aromatic carbocycles. The number of nitrogens with zero attached hydrogens (tertiary/aromatic N) is 1. The molecule has 92 valence electrons. The number of nitrogens with one attached hydrogen (secondary N) is 1. The van der Waals surface area contributed by atoms with Crippen LogP contribution < -0.4 is 11.3 Å². The minimum atomic E-state index is -0.565. The molecule has 0 unspecified atom stereocenters. The number of carbonyl (C=O) groups is 3. The molecule has 1 aliphatic carbocycles. The fourth-order valence-electron chi connectivity index (χ4n) is 2.24. The Balaban J connectivity index is 2.16. The molecule has 17 heavy (non-hydrogen) atoms. The van der Waals surface area contributed by atoms with Crippen molar-refractivity contribution < 1.29 is 14.4 Å². The maximum absolute atomic E-state index is 11.9. The molecular weight excluding hydrogens is 246 g/mol. The Labute approximate surface area is 103 Å². The van der Waals surface area contributed by atoms with Crippen molar-refractivity contribution in [2.24, 2.45) is 17.7 Å². The van der Waals surface area contributed by atoms with Crippen LogP contribution in [0.4, 0.5) is 0 Å². The number of hydrogen-bond donors (Lipinski definition) is 2. The first-order valence-electron chi connectivity index (χ1n) is 5.23. The topological polar surface area (TPSA) is 92.5 Å². The van der Waals surface area contributed by atoms with Gasteiger partial charge >= 0.3 is 0 Å². The highest BCUT2D eigenvalue weighted by Gasteiger charge is 2.48. The normalized spacial score (nSPS) is 27.9. The van der Waals surface area contributed by atoms with Gasteiger partial charge in [-0.15, -0.1) is 0 Å². The number of allylic oxidation sites excluding steroid dienone is 2. The van der Waals surface area contributed by atoms with E-state index in [1.54, 1.807) is 6.08 Å². The predicted molar refractivity (Wildman–Crippen MR) is 59.2 cm³/mol. The van der Waals surface area contributed by atoms with Crippen LogP contribution in [0.3, 0.4) is 0 Å². The Kier molecular flexibility index (Phi) is 3.17. The summed E-state index contributed by atoms with van der Waals surface area (Å²) in [7, 11) is 0. The van der Waals surface area contributed by atoms with E-state index >= 15 is 0 Å². The molecule has 6 nitrogen and oxygen atoms in total. The summed E-state index contributed by atoms with van der Waals surface area (Å²) >= 11 is 5.86. The van der Waals surface area contributed by atoms with Crippen molar-refractivity contribution in [2.45, 2.75) is 12.8 Å². The zero-order chi connectivity index (χ0) is 12.6. The van der Waals surface area contributed by atoms with Crippen LogP contribution in [0.5, 0.6) is 0 Å². The average molecular weight is 258 g/mol. The van der Waals surface area contributed by atoms with E-state index < -0.39 is 11.8 Å². The molecule has 1 heterocycles. The van der Waals surface area contributed by atoms with Crippen LogP contribution in [0.25, 0.3) is 0 Å². The molecule has 2 aliphatic rings. The molecule has 0 aromatic heterocycles. The summed E-state index contributed by atoms with van der Waals surface area (Å²) in [4.78, 5) is 35.9. The second-order valence-corrected chi connectivity index (χ2v) is 4.62. The fourth-order valence-corrected chi connectivity index (χ4v) is 2.50. The third-order valence-electron chi connectivity index (χ3n) is 3.12. The molecule has 0 radical (unpaired) electrons. The molecule has 3 N–H and O–H groups in total. The van der Waals surface area contributed by atoms with Crippen molar-refractivity contribution in [3.05, 3.63) is 11.1 Å². The minimum absolute atomic E-state index is 0.316. The first-order chi connectivity index (χ1) is 8.04. The van der Waals surface area contributed by atoms with Gasteiger partial charge in [0.2, 0.25) is 11.8 Å². The number of likely N-dealkylation sites (tertiary alicyclic amines) is 1. The Hall–Kier alpha value is -1.40. The number of halogens is 1. The van der Waals surface area contributed by atoms with E-state index in [9.17, 15) is 14.4 Å². The lowest BCUT2D eigenvalue weighted by molar-refractivity contribution is -0.143. The SMILES string of the molecule is NNC(=O)CN1C(=O)[C@H]2CC(Cl)=CC[C@H]2C1=O. The lowest BCUT2D eigenvalue weighted by atomic mass is 9.85. The molecule has 7 heteroatoms. The van der Waals surface area contributed by atoms with Crippen molar-refractivity contribution in [1.29, 1.82) is 0 Å². The van der Waals surface area contributed by atoms with Crippen LogP contribution in [0.2, 0.25) is 0 Å². The third-order valence-corrected chi connectivity index (χ3v) is 3.43. The molecule has 1 saturated heterocycles. The molecule has 2 atom stereocenters. The summed E-state index contributed by atoms with van der Waals surface area (Å²) in [5.74, 6) is 2.91. The largest absolute Gasteiger partial charge is 0.293 e. The van der Waals surface area contributed by atoms with Gasteiger partial charge in [0.1, 0.15) is 6.54 Å². The van der Waals surface area contributed by atoms with E-state index in [2.05, 4.69) is 0 Å². The second-order valence-electron chi connectivity index (χ2n) is 4.13. The third kappa shape index (κ3) is 2.05. The van der Waals surface area contributed by atoms with E-state index in [4.69, 9.17) is 17.4 Å². The number of amides is 3. The molecule has 0 saturated carbocycles. The van der Waals surface area contributed by atoms with Gasteiger partial charge in [-0.05, 0) is 12.8 Å². The molecule has 3 amide bonds. The zero-order valence-electron chi connectivity index (χ0n) is 8.98. The molecule has 0 spiro atoms. The Morgan fingerprint density at radius 1 is 1.47 bits per heavy atom. The summed E-state index contributed by atoms with van der Waals surface area (Å²) in [6.45, 7) is -0.321. The Morgan fingerprint density at radius 2 is 2.12 bits per heavy atom. The number of hydrazine groups is 1. The summed E-state index contributed by atoms with van der Waals surface area (Å²) in [6.07, 6.45) is 2.58. The molecule has 1 fully saturated rings. The van der Waals surface area contributed by atoms with Crippen LogP contribution in [-0.2, 0) is 14.4 Å². The zero-order valence-corrected chi connectivity index (χ0v) is 9.74. The van der Waals surface area contributed by atoms with E-state index in [1.165, 1.54) is 0 Å². The van der Waals surface area contributed by atoms with Gasteiger partial charge in [-0.2, -0.15) is 0 Å². The fraction of sp³-hybridized carbons (Fsp3) is 0.500. The van der Waals surface area contributed by atoms with E-state index in [-0.39, 0.29) is 24.3 Å². The van der Waals surface area contributed by atoms with Gasteiger partial charge in [0.05, 0.1) is 11.8 Å². The number of imide groups is 1. The minimum Gasteiger partial charge on any atom is -0.293 e. The Bertz CT molecular complexity index is 421. The predicted octanol–water partition coefficient (Wildman–Crippen LogP) is -0.506. The van der Waals surface area contributed by atoms with Crippen molar-refractivity contribution in [2.75, 3.05) is 6.54 Å². The van der Waals surface area contributed by atoms with Crippen molar-refractivity contribution >= 4 is 29.3 Å². The first kappa shape index (κ1) is 12.1. The van der Waals surface area contributed by atoms with Gasteiger partial charge in [0, 0.05) is 5.03 Å². The van der Waals surface area contributed by atoms with Crippen molar-refractivity contribution in [3.8, 4) is 0 Å². The standard InChI is InChI=1S/C10H12ClN3O3/c11-5-1-2-6-7(3-5)10(17)14(9(6)16)4-8(15)13-12/h1,6-7H,2-4,12H2,(H,13,15)/t6-,7+/m1/s1. The Morgan fingerprint density at radius 3 is 2.76 bits per heavy atom. The lowest BCUT2D eigenvalue weighted by Crippen LogP contribution is -2.43. The van der Waals surface area contributed by atoms with Gasteiger partial charge < -0.3 is 0 Å². The molecule has 0 bridgehead atoms. The van der Waals surface area contributed by atoms with Gasteiger partial charge in [-0.3, -0.25) is 24.7 Å². The molecule has 1 aliphatic heterocycles. The van der Waals surface area contributed by atoms with Gasteiger partial charge in [0.25, 0.3) is 5.91 Å². The summed E-state index contributed by atoms with van der Waals surface area (Å²) in [5.41, 5.74) is 1.90. The van der Waals surface area contributed by atoms with Gasteiger partial charge in [-0.25, -0.2) is 5.84 Å². The molecular formula is C10H12ClN3O3. The first-order valence-corrected chi connectivity index (χ1v) is 5.61. The van der Waals surface area contributed by atoms with Crippen LogP contribution in [0.1, 0.15) is 12.8 Å². The van der Waals surface area contributed by atoms with Crippen molar-refractivity contribution in [3.63, 3.8) is 0 Å². The summed E-state index contributed by atoms with van der Waals surface area (Å²) in [5, 5.41) is 0.595. The van der Waals surface area contributed by atoms with E-state index in [0.29, 0.717) is 17.9 Å². The van der Waals surface area contributed by atoms with Crippen LogP contribution in [0.15, 0.2) is 11.1 Å². The van der Waals surface area contributed by atoms with Crippen molar-refractivity contribution in [1.82, 2.24) is 10.3 Å². The number of hydrogen-bond acceptors (Lipinski definition) is 4. The second kappa shape index (κ2) is 4.46. The molecule has 2 rings (SSSR count). The number of rotatable bonds is 2. The average Bonchev–Trinajstić information content (AvgIpc) is 2.54. The lowest BCUT2D eigenvalue weighted by Gasteiger charge is -2.17.